The first-order valence-electron chi connectivity index (χ1n) is 8.81. The number of halogens is 2. The van der Waals surface area contributed by atoms with E-state index in [-0.39, 0.29) is 35.7 Å². The van der Waals surface area contributed by atoms with E-state index in [1.807, 2.05) is 6.92 Å². The fourth-order valence-corrected chi connectivity index (χ4v) is 3.33. The third-order valence-corrected chi connectivity index (χ3v) is 4.87. The van der Waals surface area contributed by atoms with Gasteiger partial charge in [-0.05, 0) is 30.2 Å². The molecule has 0 spiro atoms. The first-order valence-corrected chi connectivity index (χ1v) is 9.68. The molecule has 0 radical (unpaired) electrons. The van der Waals surface area contributed by atoms with Gasteiger partial charge in [-0.3, -0.25) is 9.63 Å². The normalized spacial score (nSPS) is 10.7. The summed E-state index contributed by atoms with van der Waals surface area (Å²) in [5, 5.41) is 2.69. The Morgan fingerprint density at radius 1 is 1.31 bits per heavy atom. The number of nitrogens with zero attached hydrogens (tertiary/aromatic N) is 1. The molecule has 2 aromatic carbocycles. The van der Waals surface area contributed by atoms with Gasteiger partial charge in [0.1, 0.15) is 24.5 Å². The monoisotopic (exact) mass is 419 g/mol. The molecular weight excluding hydrogens is 400 g/mol. The van der Waals surface area contributed by atoms with Crippen molar-refractivity contribution in [1.29, 1.82) is 0 Å². The van der Waals surface area contributed by atoms with Gasteiger partial charge in [0.2, 0.25) is 0 Å². The Bertz CT molecular complexity index is 1040. The maximum atomic E-state index is 15.1. The topological polar surface area (TPSA) is 72.5 Å². The Morgan fingerprint density at radius 2 is 2.14 bits per heavy atom. The van der Waals surface area contributed by atoms with Crippen LogP contribution in [0.15, 0.2) is 42.6 Å². The minimum Gasteiger partial charge on any atom is -0.499 e. The summed E-state index contributed by atoms with van der Waals surface area (Å²) in [6.45, 7) is 5.55. The van der Waals surface area contributed by atoms with Crippen molar-refractivity contribution >= 4 is 38.8 Å². The van der Waals surface area contributed by atoms with Crippen molar-refractivity contribution in [3.63, 3.8) is 0 Å². The number of carbonyl (C=O) groups excluding carboxylic acids is 1. The van der Waals surface area contributed by atoms with E-state index in [4.69, 9.17) is 9.57 Å². The highest BCUT2D eigenvalue weighted by Gasteiger charge is 2.21. The zero-order valence-electron chi connectivity index (χ0n) is 15.6. The van der Waals surface area contributed by atoms with E-state index in [0.29, 0.717) is 11.1 Å². The zero-order chi connectivity index (χ0) is 20.8. The van der Waals surface area contributed by atoms with Crippen molar-refractivity contribution in [2.75, 3.05) is 18.5 Å². The van der Waals surface area contributed by atoms with Gasteiger partial charge in [-0.25, -0.2) is 19.2 Å². The molecule has 0 atom stereocenters. The second-order valence-corrected chi connectivity index (χ2v) is 6.81. The molecule has 0 aliphatic carbocycles. The summed E-state index contributed by atoms with van der Waals surface area (Å²) >= 11 is 1.19. The van der Waals surface area contributed by atoms with E-state index >= 15 is 4.39 Å². The van der Waals surface area contributed by atoms with Gasteiger partial charge in [-0.15, -0.1) is 11.3 Å². The maximum Gasteiger partial charge on any atom is 0.277 e. The molecule has 1 amide bonds. The maximum absolute atomic E-state index is 15.1. The summed E-state index contributed by atoms with van der Waals surface area (Å²) in [6.07, 6.45) is 1.91. The summed E-state index contributed by atoms with van der Waals surface area (Å²) in [4.78, 5) is 21.6. The number of benzene rings is 2. The van der Waals surface area contributed by atoms with Crippen LogP contribution < -0.4 is 10.8 Å². The number of fused-ring (bicyclic) bond motifs is 1. The fourth-order valence-electron chi connectivity index (χ4n) is 2.62. The fraction of sp³-hybridized carbons (Fsp3) is 0.200. The smallest absolute Gasteiger partial charge is 0.277 e. The highest BCUT2D eigenvalue weighted by molar-refractivity contribution is 7.16. The molecule has 29 heavy (non-hydrogen) atoms. The lowest BCUT2D eigenvalue weighted by atomic mass is 10.1. The summed E-state index contributed by atoms with van der Waals surface area (Å²) in [5.41, 5.74) is 4.42. The first kappa shape index (κ1) is 20.7. The van der Waals surface area contributed by atoms with Gasteiger partial charge in [-0.2, -0.15) is 0 Å². The number of aryl methyl sites for hydroxylation is 1. The number of nitrogens with one attached hydrogen (secondary N) is 2. The Hall–Kier alpha value is -3.04. The second kappa shape index (κ2) is 9.44. The number of thiazole rings is 1. The molecule has 3 rings (SSSR count). The molecule has 0 aliphatic heterocycles. The third-order valence-electron chi connectivity index (χ3n) is 4.10. The summed E-state index contributed by atoms with van der Waals surface area (Å²) in [5.74, 6) is -1.99. The van der Waals surface area contributed by atoms with Crippen molar-refractivity contribution in [1.82, 2.24) is 10.5 Å². The average Bonchev–Trinajstić information content (AvgIpc) is 3.19. The Kier molecular flexibility index (Phi) is 6.73. The van der Waals surface area contributed by atoms with Crippen LogP contribution in [0, 0.1) is 11.6 Å². The van der Waals surface area contributed by atoms with E-state index in [2.05, 4.69) is 22.4 Å². The number of rotatable bonds is 9. The van der Waals surface area contributed by atoms with Crippen LogP contribution >= 0.6 is 11.3 Å². The van der Waals surface area contributed by atoms with Crippen molar-refractivity contribution < 1.29 is 23.1 Å². The van der Waals surface area contributed by atoms with Crippen LogP contribution in [0.1, 0.15) is 22.8 Å². The quantitative estimate of drug-likeness (QED) is 0.299. The van der Waals surface area contributed by atoms with Gasteiger partial charge in [0.05, 0.1) is 33.4 Å². The van der Waals surface area contributed by atoms with Crippen molar-refractivity contribution in [2.24, 2.45) is 0 Å². The van der Waals surface area contributed by atoms with Crippen LogP contribution in [0.4, 0.5) is 20.2 Å². The number of ether oxygens (including phenoxy) is 1. The van der Waals surface area contributed by atoms with Crippen molar-refractivity contribution in [2.45, 2.75) is 13.3 Å². The third kappa shape index (κ3) is 4.69. The molecular formula is C20H19F2N3O3S. The van der Waals surface area contributed by atoms with E-state index in [0.717, 1.165) is 5.56 Å². The molecule has 0 bridgehead atoms. The Balaban J connectivity index is 1.92. The van der Waals surface area contributed by atoms with E-state index < -0.39 is 17.5 Å². The minimum absolute atomic E-state index is 0.0390. The molecule has 1 heterocycles. The van der Waals surface area contributed by atoms with Gasteiger partial charge in [0, 0.05) is 0 Å². The van der Waals surface area contributed by atoms with Crippen molar-refractivity contribution in [3.05, 3.63) is 65.4 Å². The van der Waals surface area contributed by atoms with Gasteiger partial charge in [0.15, 0.2) is 5.82 Å². The molecule has 2 N–H and O–H groups in total. The molecule has 1 aromatic heterocycles. The highest BCUT2D eigenvalue weighted by atomic mass is 32.1. The van der Waals surface area contributed by atoms with Gasteiger partial charge < -0.3 is 10.1 Å². The molecule has 9 heteroatoms. The predicted molar refractivity (Wildman–Crippen MR) is 108 cm³/mol. The summed E-state index contributed by atoms with van der Waals surface area (Å²) in [6, 6.07) is 6.08. The highest BCUT2D eigenvalue weighted by Crippen LogP contribution is 2.33. The number of hydrogen-bond donors (Lipinski definition) is 2. The van der Waals surface area contributed by atoms with Crippen LogP contribution in [0.2, 0.25) is 0 Å². The SMILES string of the molecule is C=COCCONC(=O)c1cc2scnc2c(F)c1Nc1ccc(CC)cc1F. The molecule has 0 aliphatic rings. The summed E-state index contributed by atoms with van der Waals surface area (Å²) < 4.78 is 34.9. The lowest BCUT2D eigenvalue weighted by molar-refractivity contribution is 0.0145. The van der Waals surface area contributed by atoms with E-state index in [9.17, 15) is 9.18 Å². The number of carbonyl (C=O) groups is 1. The number of amides is 1. The van der Waals surface area contributed by atoms with Crippen LogP contribution in [0.5, 0.6) is 0 Å². The molecule has 0 unspecified atom stereocenters. The van der Waals surface area contributed by atoms with Crippen LogP contribution in [0.3, 0.4) is 0 Å². The lowest BCUT2D eigenvalue weighted by Gasteiger charge is -2.15. The van der Waals surface area contributed by atoms with Crippen molar-refractivity contribution in [3.8, 4) is 0 Å². The Labute approximate surface area is 170 Å². The largest absolute Gasteiger partial charge is 0.499 e. The average molecular weight is 419 g/mol. The van der Waals surface area contributed by atoms with E-state index in [1.165, 1.54) is 41.3 Å². The van der Waals surface area contributed by atoms with Gasteiger partial charge in [0.25, 0.3) is 5.91 Å². The first-order chi connectivity index (χ1) is 14.0. The number of anilines is 2. The molecule has 0 saturated carbocycles. The Morgan fingerprint density at radius 3 is 2.86 bits per heavy atom. The minimum atomic E-state index is -0.747. The van der Waals surface area contributed by atoms with Crippen LogP contribution in [-0.4, -0.2) is 24.1 Å². The zero-order valence-corrected chi connectivity index (χ0v) is 16.4. The molecule has 6 nitrogen and oxygen atoms in total. The summed E-state index contributed by atoms with van der Waals surface area (Å²) in [7, 11) is 0. The standard InChI is InChI=1S/C20H19F2N3O3S/c1-3-12-5-6-15(14(21)9-12)24-18-13(20(26)25-28-8-7-27-4-2)10-16-19(17(18)22)23-11-29-16/h4-6,9-11,24H,2-3,7-8H2,1H3,(H,25,26). The van der Waals surface area contributed by atoms with E-state index in [1.54, 1.807) is 6.07 Å². The molecule has 0 fully saturated rings. The van der Waals surface area contributed by atoms with Gasteiger partial charge in [-0.1, -0.05) is 19.6 Å². The van der Waals surface area contributed by atoms with Crippen LogP contribution in [0.25, 0.3) is 10.2 Å². The van der Waals surface area contributed by atoms with Crippen LogP contribution in [-0.2, 0) is 16.0 Å². The molecule has 152 valence electrons. The second-order valence-electron chi connectivity index (χ2n) is 5.92. The molecule has 0 saturated heterocycles. The number of hydroxylamine groups is 1. The molecule has 3 aromatic rings. The lowest BCUT2D eigenvalue weighted by Crippen LogP contribution is -2.26. The number of hydrogen-bond acceptors (Lipinski definition) is 6. The predicted octanol–water partition coefficient (Wildman–Crippen LogP) is 4.70. The van der Waals surface area contributed by atoms with Gasteiger partial charge >= 0.3 is 0 Å². The number of aromatic nitrogens is 1.